The molecule has 10 nitrogen and oxygen atoms in total. The average Bonchev–Trinajstić information content (AvgIpc) is 2.98. The first-order chi connectivity index (χ1) is 19.9. The molecule has 0 radical (unpaired) electrons. The van der Waals surface area contributed by atoms with Crippen LogP contribution in [-0.4, -0.2) is 66.6 Å². The van der Waals surface area contributed by atoms with E-state index in [1.165, 1.54) is 25.3 Å². The highest BCUT2D eigenvalue weighted by Crippen LogP contribution is 2.29. The van der Waals surface area contributed by atoms with Crippen LogP contribution in [0.5, 0.6) is 17.2 Å². The summed E-state index contributed by atoms with van der Waals surface area (Å²) in [6.07, 6.45) is 4.16. The highest BCUT2D eigenvalue weighted by atomic mass is 19.1. The van der Waals surface area contributed by atoms with Crippen LogP contribution in [0.15, 0.2) is 60.9 Å². The number of pyridine rings is 1. The first-order valence-electron chi connectivity index (χ1n) is 13.4. The standard InChI is InChI=1S/C30H31FN4O6/c1-39-26-6-5-21-13-27(26)40-18-28(36)33-16-20-11-22(31)14-23(12-20)41-25-8-10-35(17-24(25)34-30(21)38)29(37)7-4-19-3-2-9-32-15-19/h2-3,5-6,9,11-15,24-25H,4,7-8,10,16-18H2,1H3,(H,33,36)(H,34,38)/t24-,25+/m0/s1. The molecule has 3 aromatic rings. The van der Waals surface area contributed by atoms with Gasteiger partial charge in [-0.25, -0.2) is 4.39 Å². The number of aryl methyl sites for hydroxylation is 1. The minimum absolute atomic E-state index is 0.0439. The van der Waals surface area contributed by atoms with Crippen LogP contribution < -0.4 is 24.8 Å². The molecule has 5 rings (SSSR count). The van der Waals surface area contributed by atoms with Gasteiger partial charge in [-0.15, -0.1) is 0 Å². The van der Waals surface area contributed by atoms with E-state index in [0.717, 1.165) is 5.56 Å². The fraction of sp³-hybridized carbons (Fsp3) is 0.333. The lowest BCUT2D eigenvalue weighted by Crippen LogP contribution is -2.58. The van der Waals surface area contributed by atoms with Crippen molar-refractivity contribution in [2.75, 3.05) is 26.8 Å². The van der Waals surface area contributed by atoms with E-state index in [0.29, 0.717) is 37.1 Å². The maximum Gasteiger partial charge on any atom is 0.258 e. The number of piperidine rings is 1. The van der Waals surface area contributed by atoms with Crippen LogP contribution >= 0.6 is 0 Å². The van der Waals surface area contributed by atoms with E-state index in [2.05, 4.69) is 15.6 Å². The summed E-state index contributed by atoms with van der Waals surface area (Å²) >= 11 is 0. The third kappa shape index (κ3) is 7.10. The smallest absolute Gasteiger partial charge is 0.258 e. The van der Waals surface area contributed by atoms with Crippen LogP contribution in [0.4, 0.5) is 4.39 Å². The second kappa shape index (κ2) is 12.7. The van der Waals surface area contributed by atoms with Crippen LogP contribution in [-0.2, 0) is 22.6 Å². The number of methoxy groups -OCH3 is 1. The van der Waals surface area contributed by atoms with Crippen molar-refractivity contribution in [3.8, 4) is 17.2 Å². The summed E-state index contributed by atoms with van der Waals surface area (Å²) in [7, 11) is 1.46. The van der Waals surface area contributed by atoms with Gasteiger partial charge < -0.3 is 29.7 Å². The normalized spacial score (nSPS) is 19.1. The van der Waals surface area contributed by atoms with Crippen molar-refractivity contribution in [3.05, 3.63) is 83.4 Å². The number of carbonyl (C=O) groups excluding carboxylic acids is 3. The van der Waals surface area contributed by atoms with E-state index in [1.54, 1.807) is 35.5 Å². The van der Waals surface area contributed by atoms with Crippen molar-refractivity contribution in [1.82, 2.24) is 20.5 Å². The van der Waals surface area contributed by atoms with E-state index in [4.69, 9.17) is 14.2 Å². The van der Waals surface area contributed by atoms with E-state index >= 15 is 0 Å². The maximum absolute atomic E-state index is 14.5. The lowest BCUT2D eigenvalue weighted by molar-refractivity contribution is -0.133. The summed E-state index contributed by atoms with van der Waals surface area (Å²) in [5, 5.41) is 5.70. The van der Waals surface area contributed by atoms with E-state index in [-0.39, 0.29) is 42.7 Å². The lowest BCUT2D eigenvalue weighted by Gasteiger charge is -2.39. The molecule has 0 unspecified atom stereocenters. The van der Waals surface area contributed by atoms with Gasteiger partial charge in [0.15, 0.2) is 18.1 Å². The molecule has 0 saturated carbocycles. The van der Waals surface area contributed by atoms with Gasteiger partial charge in [-0.1, -0.05) is 6.07 Å². The molecule has 214 valence electrons. The number of nitrogens with one attached hydrogen (secondary N) is 2. The lowest BCUT2D eigenvalue weighted by atomic mass is 10.00. The molecule has 2 atom stereocenters. The fourth-order valence-corrected chi connectivity index (χ4v) is 4.94. The fourth-order valence-electron chi connectivity index (χ4n) is 4.94. The molecule has 2 N–H and O–H groups in total. The average molecular weight is 563 g/mol. The van der Waals surface area contributed by atoms with Gasteiger partial charge in [0.25, 0.3) is 11.8 Å². The summed E-state index contributed by atoms with van der Waals surface area (Å²) in [4.78, 5) is 44.7. The van der Waals surface area contributed by atoms with Crippen LogP contribution in [0, 0.1) is 5.82 Å². The van der Waals surface area contributed by atoms with Gasteiger partial charge in [0.1, 0.15) is 17.7 Å². The Morgan fingerprint density at radius 1 is 1.20 bits per heavy atom. The third-order valence-corrected chi connectivity index (χ3v) is 7.06. The molecule has 4 bridgehead atoms. The molecule has 3 heterocycles. The van der Waals surface area contributed by atoms with Crippen molar-refractivity contribution in [2.45, 2.75) is 38.0 Å². The monoisotopic (exact) mass is 562 g/mol. The van der Waals surface area contributed by atoms with Crippen molar-refractivity contribution in [3.63, 3.8) is 0 Å². The summed E-state index contributed by atoms with van der Waals surface area (Å²) in [5.74, 6) is -0.567. The zero-order valence-electron chi connectivity index (χ0n) is 22.6. The first kappa shape index (κ1) is 27.9. The zero-order valence-corrected chi connectivity index (χ0v) is 22.6. The van der Waals surface area contributed by atoms with Crippen molar-refractivity contribution >= 4 is 17.7 Å². The van der Waals surface area contributed by atoms with E-state index in [9.17, 15) is 18.8 Å². The molecule has 11 heteroatoms. The minimum Gasteiger partial charge on any atom is -0.493 e. The molecule has 1 fully saturated rings. The summed E-state index contributed by atoms with van der Waals surface area (Å²) in [6.45, 7) is 0.375. The minimum atomic E-state index is -0.579. The first-order valence-corrected chi connectivity index (χ1v) is 13.4. The Morgan fingerprint density at radius 3 is 2.88 bits per heavy atom. The third-order valence-electron chi connectivity index (χ3n) is 7.06. The predicted octanol–water partition coefficient (Wildman–Crippen LogP) is 2.65. The molecule has 41 heavy (non-hydrogen) atoms. The number of likely N-dealkylation sites (tertiary alicyclic amines) is 1. The van der Waals surface area contributed by atoms with Crippen LogP contribution in [0.1, 0.15) is 34.3 Å². The number of ether oxygens (including phenoxy) is 3. The van der Waals surface area contributed by atoms with Gasteiger partial charge in [0.05, 0.1) is 13.2 Å². The van der Waals surface area contributed by atoms with Gasteiger partial charge in [-0.3, -0.25) is 19.4 Å². The molecule has 2 aliphatic rings. The Hall–Kier alpha value is -4.67. The Morgan fingerprint density at radius 2 is 2.07 bits per heavy atom. The number of halogens is 1. The number of hydrogen-bond donors (Lipinski definition) is 2. The quantitative estimate of drug-likeness (QED) is 0.502. The van der Waals surface area contributed by atoms with Crippen molar-refractivity contribution in [1.29, 1.82) is 0 Å². The summed E-state index contributed by atoms with van der Waals surface area (Å²) in [6, 6.07) is 12.1. The molecule has 1 aromatic heterocycles. The number of nitrogens with zero attached hydrogens (tertiary/aromatic N) is 2. The van der Waals surface area contributed by atoms with Gasteiger partial charge in [-0.2, -0.15) is 0 Å². The molecule has 0 spiro atoms. The van der Waals surface area contributed by atoms with Gasteiger partial charge in [0.2, 0.25) is 5.91 Å². The van der Waals surface area contributed by atoms with Crippen LogP contribution in [0.25, 0.3) is 0 Å². The SMILES string of the molecule is COc1ccc2cc1OCC(=O)NCc1cc(F)cc(c1)O[C@@H]1CCN(C(=O)CCc3cccnc3)C[C@@H]1NC2=O. The molecule has 1 saturated heterocycles. The number of rotatable bonds is 4. The van der Waals surface area contributed by atoms with E-state index < -0.39 is 29.8 Å². The highest BCUT2D eigenvalue weighted by Gasteiger charge is 2.34. The van der Waals surface area contributed by atoms with Crippen molar-refractivity contribution in [2.24, 2.45) is 0 Å². The molecular formula is C30H31FN4O6. The molecule has 2 aromatic carbocycles. The number of hydrogen-bond acceptors (Lipinski definition) is 7. The van der Waals surface area contributed by atoms with Gasteiger partial charge >= 0.3 is 0 Å². The van der Waals surface area contributed by atoms with Crippen molar-refractivity contribution < 1.29 is 33.0 Å². The summed E-state index contributed by atoms with van der Waals surface area (Å²) < 4.78 is 31.7. The Labute approximate surface area is 236 Å². The molecular weight excluding hydrogens is 531 g/mol. The van der Waals surface area contributed by atoms with Crippen LogP contribution in [0.3, 0.4) is 0 Å². The number of fused-ring (bicyclic) bond motifs is 5. The van der Waals surface area contributed by atoms with E-state index in [1.807, 2.05) is 12.1 Å². The number of benzene rings is 2. The Balaban J connectivity index is 1.40. The largest absolute Gasteiger partial charge is 0.493 e. The predicted molar refractivity (Wildman–Crippen MR) is 146 cm³/mol. The second-order valence-corrected chi connectivity index (χ2v) is 9.95. The van der Waals surface area contributed by atoms with Gasteiger partial charge in [-0.05, 0) is 53.9 Å². The number of aromatic nitrogens is 1. The Kier molecular flexibility index (Phi) is 8.61. The number of amides is 3. The zero-order chi connectivity index (χ0) is 28.8. The van der Waals surface area contributed by atoms with Crippen LogP contribution in [0.2, 0.25) is 0 Å². The summed E-state index contributed by atoms with van der Waals surface area (Å²) in [5.41, 5.74) is 1.75. The Bertz CT molecular complexity index is 1420. The second-order valence-electron chi connectivity index (χ2n) is 9.95. The van der Waals surface area contributed by atoms with Gasteiger partial charge in [0, 0.05) is 56.5 Å². The molecule has 0 aliphatic carbocycles. The maximum atomic E-state index is 14.5. The highest BCUT2D eigenvalue weighted by molar-refractivity contribution is 5.95. The topological polar surface area (TPSA) is 119 Å². The molecule has 2 aliphatic heterocycles. The molecule has 3 amide bonds. The number of carbonyl (C=O) groups is 3.